The van der Waals surface area contributed by atoms with E-state index >= 15 is 0 Å². The van der Waals surface area contributed by atoms with Crippen molar-refractivity contribution in [3.8, 4) is 0 Å². The number of carbonyl (C=O) groups excluding carboxylic acids is 3. The highest BCUT2D eigenvalue weighted by atomic mass is 16.6. The molecule has 2 aliphatic rings. The molecule has 6 heteroatoms. The molecule has 1 aliphatic heterocycles. The summed E-state index contributed by atoms with van der Waals surface area (Å²) in [5.41, 5.74) is 5.62. The number of fused-ring (bicyclic) bond motifs is 1. The molecule has 2 atom stereocenters. The Kier molecular flexibility index (Phi) is 5.04. The first-order valence-electron chi connectivity index (χ1n) is 7.83. The minimum Gasteiger partial charge on any atom is -0.459 e. The molecule has 0 aromatic heterocycles. The Bertz CT molecular complexity index is 572. The molecule has 1 fully saturated rings. The molecule has 1 aliphatic carbocycles. The van der Waals surface area contributed by atoms with Gasteiger partial charge in [-0.1, -0.05) is 12.2 Å². The molecule has 2 rings (SSSR count). The summed E-state index contributed by atoms with van der Waals surface area (Å²) in [5, 5.41) is 0. The van der Waals surface area contributed by atoms with Crippen molar-refractivity contribution in [3.63, 3.8) is 0 Å². The number of primary amides is 1. The fraction of sp³-hybridized carbons (Fsp3) is 0.588. The lowest BCUT2D eigenvalue weighted by Gasteiger charge is -2.29. The summed E-state index contributed by atoms with van der Waals surface area (Å²) in [6, 6.07) is -0.568. The van der Waals surface area contributed by atoms with Gasteiger partial charge in [0.25, 0.3) is 0 Å². The van der Waals surface area contributed by atoms with Crippen molar-refractivity contribution in [3.05, 3.63) is 23.8 Å². The van der Waals surface area contributed by atoms with E-state index in [1.54, 1.807) is 32.9 Å². The van der Waals surface area contributed by atoms with Crippen molar-refractivity contribution in [2.24, 2.45) is 11.7 Å². The highest BCUT2D eigenvalue weighted by molar-refractivity contribution is 5.96. The van der Waals surface area contributed by atoms with Gasteiger partial charge < -0.3 is 10.5 Å². The van der Waals surface area contributed by atoms with E-state index in [-0.39, 0.29) is 24.1 Å². The van der Waals surface area contributed by atoms with Crippen LogP contribution in [0.3, 0.4) is 0 Å². The molecule has 126 valence electrons. The number of ether oxygens (including phenoxy) is 1. The molecule has 2 unspecified atom stereocenters. The second-order valence-electron chi connectivity index (χ2n) is 7.04. The molecular weight excluding hydrogens is 296 g/mol. The van der Waals surface area contributed by atoms with Gasteiger partial charge in [0, 0.05) is 19.5 Å². The van der Waals surface area contributed by atoms with Crippen molar-refractivity contribution in [2.45, 2.75) is 45.3 Å². The first-order chi connectivity index (χ1) is 10.7. The van der Waals surface area contributed by atoms with Crippen molar-refractivity contribution < 1.29 is 19.1 Å². The Morgan fingerprint density at radius 1 is 1.43 bits per heavy atom. The van der Waals surface area contributed by atoms with Crippen LogP contribution >= 0.6 is 0 Å². The summed E-state index contributed by atoms with van der Waals surface area (Å²) in [7, 11) is 0. The third kappa shape index (κ3) is 4.51. The number of ketones is 1. The summed E-state index contributed by atoms with van der Waals surface area (Å²) < 4.78 is 5.47. The van der Waals surface area contributed by atoms with Gasteiger partial charge in [-0.3, -0.25) is 19.3 Å². The number of nitrogens with zero attached hydrogens (tertiary/aromatic N) is 1. The number of esters is 1. The van der Waals surface area contributed by atoms with Crippen molar-refractivity contribution in [1.29, 1.82) is 0 Å². The zero-order valence-electron chi connectivity index (χ0n) is 13.9. The number of allylic oxidation sites excluding steroid dienone is 3. The first-order valence-corrected chi connectivity index (χ1v) is 7.83. The Labute approximate surface area is 136 Å². The maximum absolute atomic E-state index is 12.5. The minimum absolute atomic E-state index is 0.0582. The highest BCUT2D eigenvalue weighted by Crippen LogP contribution is 2.30. The van der Waals surface area contributed by atoms with E-state index in [2.05, 4.69) is 0 Å². The van der Waals surface area contributed by atoms with Crippen LogP contribution in [0, 0.1) is 5.92 Å². The second-order valence-corrected chi connectivity index (χ2v) is 7.04. The van der Waals surface area contributed by atoms with Crippen LogP contribution in [0.4, 0.5) is 0 Å². The van der Waals surface area contributed by atoms with E-state index in [9.17, 15) is 14.4 Å². The lowest BCUT2D eigenvalue weighted by atomic mass is 9.94. The monoisotopic (exact) mass is 320 g/mol. The fourth-order valence-electron chi connectivity index (χ4n) is 2.92. The Morgan fingerprint density at radius 2 is 2.13 bits per heavy atom. The van der Waals surface area contributed by atoms with Crippen LogP contribution in [0.5, 0.6) is 0 Å². The zero-order valence-corrected chi connectivity index (χ0v) is 13.9. The lowest BCUT2D eigenvalue weighted by Crippen LogP contribution is -2.44. The van der Waals surface area contributed by atoms with E-state index in [0.717, 1.165) is 5.57 Å². The summed E-state index contributed by atoms with van der Waals surface area (Å²) in [6.07, 6.45) is 5.63. The van der Waals surface area contributed by atoms with Crippen LogP contribution < -0.4 is 5.73 Å². The van der Waals surface area contributed by atoms with Crippen molar-refractivity contribution in [2.75, 3.05) is 13.1 Å². The number of rotatable bonds is 5. The van der Waals surface area contributed by atoms with Gasteiger partial charge in [0.1, 0.15) is 11.6 Å². The van der Waals surface area contributed by atoms with Crippen LogP contribution in [0.2, 0.25) is 0 Å². The largest absolute Gasteiger partial charge is 0.459 e. The first kappa shape index (κ1) is 17.4. The number of likely N-dealkylation sites (tertiary alicyclic amines) is 1. The molecule has 1 saturated heterocycles. The SMILES string of the molecule is CC(C)(C)OC(=O)C(CCC(N)=O)N1CC2=CC=CC(=O)C2C1. The van der Waals surface area contributed by atoms with Gasteiger partial charge in [-0.25, -0.2) is 0 Å². The van der Waals surface area contributed by atoms with Gasteiger partial charge in [-0.2, -0.15) is 0 Å². The molecule has 1 heterocycles. The standard InChI is InChI=1S/C17H24N2O4/c1-17(2,3)23-16(22)13(7-8-15(18)21)19-9-11-5-4-6-14(20)12(11)10-19/h4-6,12-13H,7-10H2,1-3H3,(H2,18,21). The zero-order chi connectivity index (χ0) is 17.2. The second kappa shape index (κ2) is 6.66. The molecule has 0 radical (unpaired) electrons. The van der Waals surface area contributed by atoms with Crippen molar-refractivity contribution >= 4 is 17.7 Å². The molecule has 0 saturated carbocycles. The van der Waals surface area contributed by atoms with Gasteiger partial charge in [-0.05, 0) is 38.8 Å². The van der Waals surface area contributed by atoms with Crippen LogP contribution in [0.1, 0.15) is 33.6 Å². The Hall–Kier alpha value is -1.95. The number of nitrogens with two attached hydrogens (primary N) is 1. The summed E-state index contributed by atoms with van der Waals surface area (Å²) in [6.45, 7) is 6.41. The quantitative estimate of drug-likeness (QED) is 0.762. The minimum atomic E-state index is -0.606. The third-order valence-electron chi connectivity index (χ3n) is 3.95. The molecule has 0 aromatic carbocycles. The smallest absolute Gasteiger partial charge is 0.323 e. The van der Waals surface area contributed by atoms with E-state index < -0.39 is 17.6 Å². The molecule has 0 spiro atoms. The number of hydrogen-bond donors (Lipinski definition) is 1. The molecule has 0 bridgehead atoms. The molecule has 6 nitrogen and oxygen atoms in total. The topological polar surface area (TPSA) is 89.7 Å². The van der Waals surface area contributed by atoms with E-state index in [0.29, 0.717) is 19.5 Å². The summed E-state index contributed by atoms with van der Waals surface area (Å²) in [4.78, 5) is 37.5. The predicted molar refractivity (Wildman–Crippen MR) is 85.4 cm³/mol. The highest BCUT2D eigenvalue weighted by Gasteiger charge is 2.39. The molecule has 2 N–H and O–H groups in total. The van der Waals surface area contributed by atoms with Gasteiger partial charge in [-0.15, -0.1) is 0 Å². The summed E-state index contributed by atoms with van der Waals surface area (Å²) >= 11 is 0. The molecule has 1 amide bonds. The van der Waals surface area contributed by atoms with E-state index in [4.69, 9.17) is 10.5 Å². The lowest BCUT2D eigenvalue weighted by molar-refractivity contribution is -0.161. The number of carbonyl (C=O) groups is 3. The fourth-order valence-corrected chi connectivity index (χ4v) is 2.92. The summed E-state index contributed by atoms with van der Waals surface area (Å²) in [5.74, 6) is -0.966. The molecule has 23 heavy (non-hydrogen) atoms. The van der Waals surface area contributed by atoms with Gasteiger partial charge in [0.05, 0.1) is 5.92 Å². The normalized spacial score (nSPS) is 22.5. The van der Waals surface area contributed by atoms with Crippen LogP contribution in [-0.2, 0) is 19.1 Å². The molecular formula is C17H24N2O4. The van der Waals surface area contributed by atoms with Crippen LogP contribution in [0.25, 0.3) is 0 Å². The van der Waals surface area contributed by atoms with Gasteiger partial charge in [0.2, 0.25) is 5.91 Å². The number of amides is 1. The average Bonchev–Trinajstić information content (AvgIpc) is 2.81. The maximum Gasteiger partial charge on any atom is 0.323 e. The van der Waals surface area contributed by atoms with Crippen LogP contribution in [0.15, 0.2) is 23.8 Å². The molecule has 0 aromatic rings. The van der Waals surface area contributed by atoms with Crippen molar-refractivity contribution in [1.82, 2.24) is 4.90 Å². The maximum atomic E-state index is 12.5. The Balaban J connectivity index is 2.13. The average molecular weight is 320 g/mol. The Morgan fingerprint density at radius 3 is 2.70 bits per heavy atom. The van der Waals surface area contributed by atoms with Gasteiger partial charge in [0.15, 0.2) is 5.78 Å². The van der Waals surface area contributed by atoms with Gasteiger partial charge >= 0.3 is 5.97 Å². The predicted octanol–water partition coefficient (Wildman–Crippen LogP) is 0.959. The van der Waals surface area contributed by atoms with Crippen LogP contribution in [-0.4, -0.2) is 47.3 Å². The van der Waals surface area contributed by atoms with E-state index in [1.807, 2.05) is 11.0 Å². The number of hydrogen-bond acceptors (Lipinski definition) is 5. The third-order valence-corrected chi connectivity index (χ3v) is 3.95. The van der Waals surface area contributed by atoms with E-state index in [1.165, 1.54) is 0 Å².